The van der Waals surface area contributed by atoms with E-state index in [9.17, 15) is 10.2 Å². The number of hydrogen-bond donors (Lipinski definition) is 6. The van der Waals surface area contributed by atoms with E-state index >= 15 is 0 Å². The minimum Gasteiger partial charge on any atom is -0.391 e. The number of fused-ring (bicyclic) bond motifs is 6. The SMILES string of the molecule is CC(C)(C)O.CC(C)(C)O.CC(C)(C)O.CC(C)(C)O.OC1(C#CC2(O)c3ccccc3-c3ccccc32)c2ccccc2-c2ccccc21. The predicted molar refractivity (Wildman–Crippen MR) is 205 cm³/mol. The molecule has 0 atom stereocenters. The second-order valence-electron chi connectivity index (χ2n) is 16.5. The third-order valence-corrected chi connectivity index (χ3v) is 6.27. The minimum absolute atomic E-state index is 0.500. The fourth-order valence-corrected chi connectivity index (χ4v) is 4.87. The normalized spacial score (nSPS) is 14.4. The summed E-state index contributed by atoms with van der Waals surface area (Å²) in [5.41, 5.74) is 1.96. The molecule has 6 nitrogen and oxygen atoms in total. The summed E-state index contributed by atoms with van der Waals surface area (Å²) in [7, 11) is 0. The molecule has 0 radical (unpaired) electrons. The van der Waals surface area contributed by atoms with Gasteiger partial charge in [0.25, 0.3) is 0 Å². The minimum atomic E-state index is -1.48. The summed E-state index contributed by atoms with van der Waals surface area (Å²) in [5.74, 6) is 6.18. The summed E-state index contributed by atoms with van der Waals surface area (Å²) >= 11 is 0. The zero-order valence-electron chi connectivity index (χ0n) is 31.9. The van der Waals surface area contributed by atoms with Gasteiger partial charge in [-0.15, -0.1) is 0 Å². The lowest BCUT2D eigenvalue weighted by Gasteiger charge is -2.23. The highest BCUT2D eigenvalue weighted by atomic mass is 16.3. The summed E-state index contributed by atoms with van der Waals surface area (Å²) in [4.78, 5) is 0. The van der Waals surface area contributed by atoms with Gasteiger partial charge < -0.3 is 30.6 Å². The standard InChI is InChI=1S/C28H18O2.4C4H10O/c29-27(23-13-5-1-9-19(23)20-10-2-6-14-24(20)27)17-18-28(30)25-15-7-3-11-21(25)22-12-4-8-16-26(22)28;4*1-4(2,3)5/h1-16,29-30H;4*5H,1-3H3. The van der Waals surface area contributed by atoms with Crippen LogP contribution < -0.4 is 0 Å². The van der Waals surface area contributed by atoms with Crippen molar-refractivity contribution in [2.24, 2.45) is 0 Å². The Kier molecular flexibility index (Phi) is 13.6. The second-order valence-corrected chi connectivity index (χ2v) is 16.5. The van der Waals surface area contributed by atoms with Gasteiger partial charge in [0.1, 0.15) is 0 Å². The van der Waals surface area contributed by atoms with Gasteiger partial charge in [-0.25, -0.2) is 0 Å². The van der Waals surface area contributed by atoms with Gasteiger partial charge in [-0.05, 0) is 105 Å². The van der Waals surface area contributed by atoms with Crippen molar-refractivity contribution in [2.75, 3.05) is 0 Å². The summed E-state index contributed by atoms with van der Waals surface area (Å²) < 4.78 is 0. The Balaban J connectivity index is 0.000000358. The number of hydrogen-bond acceptors (Lipinski definition) is 6. The van der Waals surface area contributed by atoms with E-state index in [0.717, 1.165) is 44.5 Å². The zero-order valence-corrected chi connectivity index (χ0v) is 31.9. The highest BCUT2D eigenvalue weighted by molar-refractivity contribution is 5.84. The van der Waals surface area contributed by atoms with Crippen LogP contribution >= 0.6 is 0 Å². The molecule has 6 heteroatoms. The predicted octanol–water partition coefficient (Wildman–Crippen LogP) is 7.93. The van der Waals surface area contributed by atoms with E-state index in [2.05, 4.69) is 11.8 Å². The molecule has 270 valence electrons. The first-order valence-corrected chi connectivity index (χ1v) is 16.9. The molecule has 2 aliphatic rings. The fourth-order valence-electron chi connectivity index (χ4n) is 4.87. The first-order chi connectivity index (χ1) is 22.6. The molecule has 0 amide bonds. The van der Waals surface area contributed by atoms with Crippen molar-refractivity contribution < 1.29 is 30.6 Å². The fraction of sp³-hybridized carbons (Fsp3) is 0.409. The van der Waals surface area contributed by atoms with E-state index in [1.807, 2.05) is 97.1 Å². The summed E-state index contributed by atoms with van der Waals surface area (Å²) in [6, 6.07) is 31.1. The lowest BCUT2D eigenvalue weighted by Crippen LogP contribution is -2.26. The van der Waals surface area contributed by atoms with Crippen LogP contribution in [0.4, 0.5) is 0 Å². The molecule has 4 aromatic rings. The number of rotatable bonds is 0. The number of aliphatic hydroxyl groups is 6. The Bertz CT molecular complexity index is 1500. The molecule has 0 saturated heterocycles. The maximum absolute atomic E-state index is 11.8. The lowest BCUT2D eigenvalue weighted by atomic mass is 9.87. The van der Waals surface area contributed by atoms with Gasteiger partial charge in [0, 0.05) is 22.3 Å². The zero-order chi connectivity index (χ0) is 38.3. The van der Waals surface area contributed by atoms with Crippen LogP contribution in [0.5, 0.6) is 0 Å². The summed E-state index contributed by atoms with van der Waals surface area (Å²) in [6.45, 7) is 20.9. The van der Waals surface area contributed by atoms with Gasteiger partial charge in [-0.2, -0.15) is 0 Å². The van der Waals surface area contributed by atoms with E-state index < -0.39 is 33.6 Å². The van der Waals surface area contributed by atoms with Crippen LogP contribution in [0.15, 0.2) is 97.1 Å². The Morgan fingerprint density at radius 3 is 0.640 bits per heavy atom. The Hall–Kier alpha value is -3.80. The van der Waals surface area contributed by atoms with Crippen LogP contribution in [0.1, 0.15) is 105 Å². The van der Waals surface area contributed by atoms with Gasteiger partial charge in [-0.3, -0.25) is 0 Å². The first-order valence-electron chi connectivity index (χ1n) is 16.9. The molecular formula is C44H58O6. The molecular weight excluding hydrogens is 624 g/mol. The van der Waals surface area contributed by atoms with Crippen molar-refractivity contribution in [1.82, 2.24) is 0 Å². The molecule has 6 N–H and O–H groups in total. The molecule has 0 fully saturated rings. The molecule has 0 aromatic heterocycles. The van der Waals surface area contributed by atoms with Crippen molar-refractivity contribution in [3.8, 4) is 34.1 Å². The van der Waals surface area contributed by atoms with Gasteiger partial charge in [-0.1, -0.05) is 109 Å². The Morgan fingerprint density at radius 1 is 0.340 bits per heavy atom. The van der Waals surface area contributed by atoms with Crippen LogP contribution in [-0.4, -0.2) is 53.0 Å². The van der Waals surface area contributed by atoms with Gasteiger partial charge in [0.05, 0.1) is 22.4 Å². The smallest absolute Gasteiger partial charge is 0.178 e. The molecule has 0 unspecified atom stereocenters. The van der Waals surface area contributed by atoms with Gasteiger partial charge in [0.15, 0.2) is 11.2 Å². The molecule has 4 aromatic carbocycles. The molecule has 0 heterocycles. The van der Waals surface area contributed by atoms with Crippen molar-refractivity contribution in [2.45, 2.75) is 117 Å². The van der Waals surface area contributed by atoms with E-state index in [1.165, 1.54) is 0 Å². The average molecular weight is 683 g/mol. The third kappa shape index (κ3) is 13.2. The maximum atomic E-state index is 11.8. The monoisotopic (exact) mass is 682 g/mol. The molecule has 0 aliphatic heterocycles. The number of benzene rings is 4. The summed E-state index contributed by atoms with van der Waals surface area (Å²) in [5, 5.41) is 57.6. The van der Waals surface area contributed by atoms with E-state index in [1.54, 1.807) is 83.1 Å². The van der Waals surface area contributed by atoms with E-state index in [4.69, 9.17) is 20.4 Å². The highest BCUT2D eigenvalue weighted by Gasteiger charge is 2.43. The average Bonchev–Trinajstić information content (AvgIpc) is 3.36. The third-order valence-electron chi connectivity index (χ3n) is 6.27. The molecule has 0 spiro atoms. The van der Waals surface area contributed by atoms with E-state index in [-0.39, 0.29) is 0 Å². The highest BCUT2D eigenvalue weighted by Crippen LogP contribution is 2.49. The van der Waals surface area contributed by atoms with Crippen LogP contribution in [0, 0.1) is 11.8 Å². The van der Waals surface area contributed by atoms with Crippen molar-refractivity contribution in [3.05, 3.63) is 119 Å². The van der Waals surface area contributed by atoms with Crippen molar-refractivity contribution in [1.29, 1.82) is 0 Å². The molecule has 0 saturated carbocycles. The van der Waals surface area contributed by atoms with Crippen LogP contribution in [0.3, 0.4) is 0 Å². The van der Waals surface area contributed by atoms with Crippen LogP contribution in [0.2, 0.25) is 0 Å². The summed E-state index contributed by atoms with van der Waals surface area (Å²) in [6.07, 6.45) is 0. The second kappa shape index (κ2) is 16.0. The Labute approximate surface area is 300 Å². The first kappa shape index (κ1) is 42.4. The van der Waals surface area contributed by atoms with Crippen molar-refractivity contribution >= 4 is 0 Å². The van der Waals surface area contributed by atoms with Crippen LogP contribution in [-0.2, 0) is 11.2 Å². The molecule has 0 bridgehead atoms. The van der Waals surface area contributed by atoms with E-state index in [0.29, 0.717) is 0 Å². The van der Waals surface area contributed by atoms with Gasteiger partial charge in [0.2, 0.25) is 0 Å². The van der Waals surface area contributed by atoms with Crippen molar-refractivity contribution in [3.63, 3.8) is 0 Å². The Morgan fingerprint density at radius 2 is 0.480 bits per heavy atom. The largest absolute Gasteiger partial charge is 0.391 e. The molecule has 2 aliphatic carbocycles. The quantitative estimate of drug-likeness (QED) is 0.105. The molecule has 50 heavy (non-hydrogen) atoms. The lowest BCUT2D eigenvalue weighted by molar-refractivity contribution is 0.101. The topological polar surface area (TPSA) is 121 Å². The maximum Gasteiger partial charge on any atom is 0.178 e. The van der Waals surface area contributed by atoms with Gasteiger partial charge >= 0.3 is 0 Å². The molecule has 6 rings (SSSR count). The van der Waals surface area contributed by atoms with Crippen LogP contribution in [0.25, 0.3) is 22.3 Å².